The Bertz CT molecular complexity index is 1370. The maximum atomic E-state index is 12.5. The first-order valence-corrected chi connectivity index (χ1v) is 10.8. The minimum Gasteiger partial charge on any atom is -0.493 e. The van der Waals surface area contributed by atoms with Crippen LogP contribution in [-0.4, -0.2) is 30.9 Å². The zero-order valence-electron chi connectivity index (χ0n) is 19.6. The molecule has 182 valence electrons. The number of nitrogens with zero attached hydrogens (tertiary/aromatic N) is 1. The lowest BCUT2D eigenvalue weighted by Crippen LogP contribution is -2.08. The number of carbonyl (C=O) groups excluding carboxylic acids is 3. The molecule has 1 aliphatic rings. The van der Waals surface area contributed by atoms with Crippen molar-refractivity contribution in [2.24, 2.45) is 4.99 Å². The van der Waals surface area contributed by atoms with Crippen LogP contribution in [0.1, 0.15) is 25.0 Å². The van der Waals surface area contributed by atoms with Gasteiger partial charge in [0.25, 0.3) is 0 Å². The van der Waals surface area contributed by atoms with Crippen LogP contribution in [0.25, 0.3) is 6.08 Å². The molecule has 3 aromatic carbocycles. The molecule has 0 saturated carbocycles. The number of esters is 3. The highest BCUT2D eigenvalue weighted by Crippen LogP contribution is 2.40. The van der Waals surface area contributed by atoms with Crippen molar-refractivity contribution < 1.29 is 38.1 Å². The molecule has 0 amide bonds. The number of carbonyl (C=O) groups is 3. The van der Waals surface area contributed by atoms with Gasteiger partial charge < -0.3 is 23.7 Å². The molecular weight excluding hydrogens is 466 g/mol. The van der Waals surface area contributed by atoms with Crippen LogP contribution in [0.15, 0.2) is 77.4 Å². The van der Waals surface area contributed by atoms with E-state index in [1.807, 2.05) is 30.3 Å². The highest BCUT2D eigenvalue weighted by atomic mass is 16.6. The van der Waals surface area contributed by atoms with E-state index >= 15 is 0 Å². The van der Waals surface area contributed by atoms with Crippen molar-refractivity contribution in [3.63, 3.8) is 0 Å². The molecule has 0 N–H and O–H groups in total. The number of para-hydroxylation sites is 1. The molecule has 1 aliphatic heterocycles. The lowest BCUT2D eigenvalue weighted by atomic mass is 10.1. The number of benzene rings is 3. The molecule has 9 nitrogen and oxygen atoms in total. The fourth-order valence-corrected chi connectivity index (χ4v) is 3.29. The van der Waals surface area contributed by atoms with E-state index in [1.165, 1.54) is 39.2 Å². The van der Waals surface area contributed by atoms with Crippen molar-refractivity contribution in [3.05, 3.63) is 83.6 Å². The van der Waals surface area contributed by atoms with Gasteiger partial charge in [0.2, 0.25) is 11.6 Å². The number of aliphatic imine (C=N–C) groups is 1. The van der Waals surface area contributed by atoms with Gasteiger partial charge in [0.05, 0.1) is 7.11 Å². The summed E-state index contributed by atoms with van der Waals surface area (Å²) < 4.78 is 26.7. The van der Waals surface area contributed by atoms with Crippen LogP contribution in [-0.2, 0) is 19.1 Å². The van der Waals surface area contributed by atoms with Gasteiger partial charge in [-0.25, -0.2) is 9.79 Å². The highest BCUT2D eigenvalue weighted by Gasteiger charge is 2.25. The molecule has 0 radical (unpaired) electrons. The van der Waals surface area contributed by atoms with E-state index in [4.69, 9.17) is 23.7 Å². The lowest BCUT2D eigenvalue weighted by Gasteiger charge is -2.13. The van der Waals surface area contributed by atoms with E-state index in [9.17, 15) is 14.4 Å². The van der Waals surface area contributed by atoms with Crippen molar-refractivity contribution in [2.75, 3.05) is 7.11 Å². The Morgan fingerprint density at radius 1 is 0.861 bits per heavy atom. The van der Waals surface area contributed by atoms with Crippen molar-refractivity contribution in [2.45, 2.75) is 13.8 Å². The molecule has 0 atom stereocenters. The van der Waals surface area contributed by atoms with Crippen LogP contribution < -0.4 is 18.9 Å². The molecule has 4 rings (SSSR count). The van der Waals surface area contributed by atoms with Crippen molar-refractivity contribution in [1.82, 2.24) is 0 Å². The van der Waals surface area contributed by atoms with Gasteiger partial charge in [0, 0.05) is 19.4 Å². The second-order valence-corrected chi connectivity index (χ2v) is 7.51. The molecule has 36 heavy (non-hydrogen) atoms. The third-order valence-corrected chi connectivity index (χ3v) is 4.77. The topological polar surface area (TPSA) is 110 Å². The van der Waals surface area contributed by atoms with Crippen LogP contribution >= 0.6 is 0 Å². The Hall–Kier alpha value is -4.92. The average Bonchev–Trinajstić information content (AvgIpc) is 3.21. The van der Waals surface area contributed by atoms with Gasteiger partial charge in [-0.05, 0) is 60.2 Å². The minimum atomic E-state index is -0.660. The SMILES string of the molecule is COc1cc(/C=C2/N=C(c3ccc(Oc4ccccc4)cc3)OC2=O)cc(OC(C)=O)c1OC(C)=O. The Morgan fingerprint density at radius 2 is 1.50 bits per heavy atom. The van der Waals surface area contributed by atoms with Crippen LogP contribution in [0.3, 0.4) is 0 Å². The number of hydrogen-bond donors (Lipinski definition) is 0. The van der Waals surface area contributed by atoms with Crippen molar-refractivity contribution >= 4 is 29.9 Å². The van der Waals surface area contributed by atoms with E-state index in [1.54, 1.807) is 24.3 Å². The molecule has 0 spiro atoms. The smallest absolute Gasteiger partial charge is 0.363 e. The molecule has 0 aromatic heterocycles. The summed E-state index contributed by atoms with van der Waals surface area (Å²) in [6.07, 6.45) is 1.44. The van der Waals surface area contributed by atoms with Crippen molar-refractivity contribution in [3.8, 4) is 28.7 Å². The summed E-state index contributed by atoms with van der Waals surface area (Å²) in [5.41, 5.74) is 1.00. The third-order valence-electron chi connectivity index (χ3n) is 4.77. The fourth-order valence-electron chi connectivity index (χ4n) is 3.29. The number of hydrogen-bond acceptors (Lipinski definition) is 9. The van der Waals surface area contributed by atoms with E-state index in [-0.39, 0.29) is 28.8 Å². The second kappa shape index (κ2) is 10.6. The Kier molecular flexibility index (Phi) is 7.10. The van der Waals surface area contributed by atoms with Crippen LogP contribution in [0.5, 0.6) is 28.7 Å². The second-order valence-electron chi connectivity index (χ2n) is 7.51. The van der Waals surface area contributed by atoms with Gasteiger partial charge in [0.15, 0.2) is 17.2 Å². The van der Waals surface area contributed by atoms with E-state index in [2.05, 4.69) is 4.99 Å². The van der Waals surface area contributed by atoms with Crippen LogP contribution in [0, 0.1) is 0 Å². The van der Waals surface area contributed by atoms with Gasteiger partial charge in [-0.2, -0.15) is 0 Å². The quantitative estimate of drug-likeness (QED) is 0.268. The fraction of sp³-hybridized carbons (Fsp3) is 0.111. The van der Waals surface area contributed by atoms with Gasteiger partial charge in [-0.1, -0.05) is 18.2 Å². The summed E-state index contributed by atoms with van der Waals surface area (Å²) in [6.45, 7) is 2.41. The molecule has 3 aromatic rings. The zero-order chi connectivity index (χ0) is 25.7. The zero-order valence-corrected chi connectivity index (χ0v) is 19.6. The Balaban J connectivity index is 1.61. The normalized spacial score (nSPS) is 13.6. The molecule has 0 fully saturated rings. The predicted molar refractivity (Wildman–Crippen MR) is 129 cm³/mol. The maximum absolute atomic E-state index is 12.5. The summed E-state index contributed by atoms with van der Waals surface area (Å²) in [5.74, 6) is -0.454. The molecule has 0 aliphatic carbocycles. The maximum Gasteiger partial charge on any atom is 0.363 e. The molecule has 0 saturated heterocycles. The van der Waals surface area contributed by atoms with Gasteiger partial charge in [0.1, 0.15) is 11.5 Å². The van der Waals surface area contributed by atoms with E-state index < -0.39 is 17.9 Å². The van der Waals surface area contributed by atoms with E-state index in [0.29, 0.717) is 22.6 Å². The Morgan fingerprint density at radius 3 is 2.14 bits per heavy atom. The minimum absolute atomic E-state index is 0.0191. The first-order chi connectivity index (χ1) is 17.3. The first kappa shape index (κ1) is 24.2. The van der Waals surface area contributed by atoms with E-state index in [0.717, 1.165) is 0 Å². The van der Waals surface area contributed by atoms with Gasteiger partial charge in [-0.3, -0.25) is 9.59 Å². The molecular formula is C27H21NO8. The monoisotopic (exact) mass is 487 g/mol. The van der Waals surface area contributed by atoms with Gasteiger partial charge in [-0.15, -0.1) is 0 Å². The first-order valence-electron chi connectivity index (χ1n) is 10.8. The largest absolute Gasteiger partial charge is 0.493 e. The summed E-state index contributed by atoms with van der Waals surface area (Å²) in [7, 11) is 1.36. The number of cyclic esters (lactones) is 1. The highest BCUT2D eigenvalue weighted by molar-refractivity contribution is 6.12. The standard InChI is InChI=1S/C27H21NO8/c1-16(29)33-24-15-18(14-23(32-3)25(24)34-17(2)30)13-22-27(31)36-26(28-22)19-9-11-21(12-10-19)35-20-7-5-4-6-8-20/h4-15H,1-3H3/b22-13+. The number of ether oxygens (including phenoxy) is 5. The third kappa shape index (κ3) is 5.76. The number of rotatable bonds is 7. The summed E-state index contributed by atoms with van der Waals surface area (Å²) in [5, 5.41) is 0. The van der Waals surface area contributed by atoms with Crippen LogP contribution in [0.4, 0.5) is 0 Å². The molecule has 9 heteroatoms. The van der Waals surface area contributed by atoms with Crippen molar-refractivity contribution in [1.29, 1.82) is 0 Å². The lowest BCUT2D eigenvalue weighted by molar-refractivity contribution is -0.134. The average molecular weight is 487 g/mol. The van der Waals surface area contributed by atoms with Gasteiger partial charge >= 0.3 is 17.9 Å². The summed E-state index contributed by atoms with van der Waals surface area (Å²) in [4.78, 5) is 39.8. The molecule has 1 heterocycles. The molecule has 0 bridgehead atoms. The number of methoxy groups -OCH3 is 1. The molecule has 0 unspecified atom stereocenters. The predicted octanol–water partition coefficient (Wildman–Crippen LogP) is 4.68. The summed E-state index contributed by atoms with van der Waals surface area (Å²) in [6, 6.07) is 19.2. The summed E-state index contributed by atoms with van der Waals surface area (Å²) >= 11 is 0. The van der Waals surface area contributed by atoms with Crippen LogP contribution in [0.2, 0.25) is 0 Å². The Labute approximate surface area is 206 Å².